The Labute approximate surface area is 110 Å². The molecule has 0 amide bonds. The molecule has 0 aliphatic heterocycles. The van der Waals surface area contributed by atoms with Gasteiger partial charge in [0.1, 0.15) is 19.0 Å². The third-order valence-electron chi connectivity index (χ3n) is 2.72. The SMILES string of the molecule is C=CCOC(=O)c1nnn(Cc2nccn2C)c1C. The van der Waals surface area contributed by atoms with Gasteiger partial charge in [-0.15, -0.1) is 5.10 Å². The lowest BCUT2D eigenvalue weighted by atomic mass is 10.3. The van der Waals surface area contributed by atoms with Crippen LogP contribution in [0.3, 0.4) is 0 Å². The van der Waals surface area contributed by atoms with Crippen LogP contribution in [-0.4, -0.2) is 37.1 Å². The van der Waals surface area contributed by atoms with E-state index in [2.05, 4.69) is 21.9 Å². The molecule has 0 N–H and O–H groups in total. The highest BCUT2D eigenvalue weighted by Gasteiger charge is 2.18. The lowest BCUT2D eigenvalue weighted by Gasteiger charge is -2.04. The molecule has 19 heavy (non-hydrogen) atoms. The zero-order valence-electron chi connectivity index (χ0n) is 10.9. The molecule has 100 valence electrons. The van der Waals surface area contributed by atoms with Gasteiger partial charge in [-0.1, -0.05) is 17.9 Å². The molecule has 2 rings (SSSR count). The van der Waals surface area contributed by atoms with Crippen LogP contribution in [0, 0.1) is 6.92 Å². The molecule has 0 atom stereocenters. The Balaban J connectivity index is 2.16. The molecule has 2 aromatic rings. The smallest absolute Gasteiger partial charge is 0.361 e. The van der Waals surface area contributed by atoms with Crippen LogP contribution in [0.4, 0.5) is 0 Å². The van der Waals surface area contributed by atoms with E-state index >= 15 is 0 Å². The molecule has 0 aliphatic carbocycles. The minimum absolute atomic E-state index is 0.157. The van der Waals surface area contributed by atoms with E-state index in [1.54, 1.807) is 17.8 Å². The third-order valence-corrected chi connectivity index (χ3v) is 2.72. The van der Waals surface area contributed by atoms with Crippen LogP contribution in [0.25, 0.3) is 0 Å². The third kappa shape index (κ3) is 2.70. The van der Waals surface area contributed by atoms with Gasteiger partial charge in [-0.2, -0.15) is 0 Å². The number of hydrogen-bond acceptors (Lipinski definition) is 5. The maximum Gasteiger partial charge on any atom is 0.361 e. The Hall–Kier alpha value is -2.44. The second-order valence-electron chi connectivity index (χ2n) is 4.02. The highest BCUT2D eigenvalue weighted by molar-refractivity contribution is 5.88. The Morgan fingerprint density at radius 1 is 1.58 bits per heavy atom. The van der Waals surface area contributed by atoms with Gasteiger partial charge in [0.15, 0.2) is 5.69 Å². The normalized spacial score (nSPS) is 10.4. The van der Waals surface area contributed by atoms with Crippen molar-refractivity contribution in [1.29, 1.82) is 0 Å². The Morgan fingerprint density at radius 2 is 2.37 bits per heavy atom. The van der Waals surface area contributed by atoms with Gasteiger partial charge in [-0.25, -0.2) is 14.5 Å². The van der Waals surface area contributed by atoms with Gasteiger partial charge < -0.3 is 9.30 Å². The number of nitrogens with zero attached hydrogens (tertiary/aromatic N) is 5. The van der Waals surface area contributed by atoms with Crippen LogP contribution in [0.2, 0.25) is 0 Å². The maximum absolute atomic E-state index is 11.7. The maximum atomic E-state index is 11.7. The lowest BCUT2D eigenvalue weighted by Crippen LogP contribution is -2.11. The highest BCUT2D eigenvalue weighted by atomic mass is 16.5. The summed E-state index contributed by atoms with van der Waals surface area (Å²) in [5, 5.41) is 7.79. The second kappa shape index (κ2) is 5.47. The van der Waals surface area contributed by atoms with Gasteiger partial charge in [-0.05, 0) is 6.92 Å². The molecule has 7 heteroatoms. The Kier molecular flexibility index (Phi) is 3.74. The van der Waals surface area contributed by atoms with Gasteiger partial charge in [0, 0.05) is 19.4 Å². The monoisotopic (exact) mass is 261 g/mol. The summed E-state index contributed by atoms with van der Waals surface area (Å²) in [5.74, 6) is 0.336. The molecule has 0 unspecified atom stereocenters. The molecule has 0 saturated heterocycles. The van der Waals surface area contributed by atoms with Crippen molar-refractivity contribution in [3.05, 3.63) is 42.3 Å². The van der Waals surface area contributed by atoms with Crippen molar-refractivity contribution in [1.82, 2.24) is 24.5 Å². The highest BCUT2D eigenvalue weighted by Crippen LogP contribution is 2.08. The first-order valence-corrected chi connectivity index (χ1v) is 5.77. The number of aryl methyl sites for hydroxylation is 1. The molecule has 0 spiro atoms. The predicted molar refractivity (Wildman–Crippen MR) is 67.5 cm³/mol. The molecule has 0 saturated carbocycles. The number of rotatable bonds is 5. The number of carbonyl (C=O) groups excluding carboxylic acids is 1. The number of imidazole rings is 1. The van der Waals surface area contributed by atoms with Gasteiger partial charge in [0.25, 0.3) is 0 Å². The summed E-state index contributed by atoms with van der Waals surface area (Å²) in [6.45, 7) is 5.87. The van der Waals surface area contributed by atoms with E-state index in [4.69, 9.17) is 4.74 Å². The van der Waals surface area contributed by atoms with Crippen LogP contribution >= 0.6 is 0 Å². The summed E-state index contributed by atoms with van der Waals surface area (Å²) >= 11 is 0. The van der Waals surface area contributed by atoms with Crippen LogP contribution < -0.4 is 0 Å². The van der Waals surface area contributed by atoms with E-state index in [9.17, 15) is 4.79 Å². The van der Waals surface area contributed by atoms with Crippen molar-refractivity contribution in [2.24, 2.45) is 7.05 Å². The molecular weight excluding hydrogens is 246 g/mol. The van der Waals surface area contributed by atoms with Crippen LogP contribution in [-0.2, 0) is 18.3 Å². The largest absolute Gasteiger partial charge is 0.457 e. The number of hydrogen-bond donors (Lipinski definition) is 0. The summed E-state index contributed by atoms with van der Waals surface area (Å²) in [4.78, 5) is 15.9. The Bertz CT molecular complexity index is 599. The molecule has 7 nitrogen and oxygen atoms in total. The van der Waals surface area contributed by atoms with Crippen molar-refractivity contribution < 1.29 is 9.53 Å². The van der Waals surface area contributed by atoms with Crippen molar-refractivity contribution in [2.45, 2.75) is 13.5 Å². The fraction of sp³-hybridized carbons (Fsp3) is 0.333. The second-order valence-corrected chi connectivity index (χ2v) is 4.02. The molecule has 0 bridgehead atoms. The zero-order valence-corrected chi connectivity index (χ0v) is 10.9. The van der Waals surface area contributed by atoms with Gasteiger partial charge >= 0.3 is 5.97 Å². The number of ether oxygens (including phenoxy) is 1. The number of esters is 1. The summed E-state index contributed by atoms with van der Waals surface area (Å²) in [6, 6.07) is 0. The topological polar surface area (TPSA) is 74.8 Å². The Morgan fingerprint density at radius 3 is 3.00 bits per heavy atom. The summed E-state index contributed by atoms with van der Waals surface area (Å²) in [5.41, 5.74) is 0.869. The molecule has 2 aromatic heterocycles. The average Bonchev–Trinajstić information content (AvgIpc) is 2.95. The fourth-order valence-electron chi connectivity index (χ4n) is 1.58. The molecular formula is C12H15N5O2. The fourth-order valence-corrected chi connectivity index (χ4v) is 1.58. The first kappa shape index (κ1) is 13.0. The van der Waals surface area contributed by atoms with Gasteiger partial charge in [-0.3, -0.25) is 0 Å². The van der Waals surface area contributed by atoms with E-state index in [-0.39, 0.29) is 12.3 Å². The van der Waals surface area contributed by atoms with Gasteiger partial charge in [0.05, 0.1) is 5.69 Å². The lowest BCUT2D eigenvalue weighted by molar-refractivity contribution is 0.0542. The molecule has 2 heterocycles. The van der Waals surface area contributed by atoms with E-state index in [0.717, 1.165) is 5.82 Å². The standard InChI is InChI=1S/C12H15N5O2/c1-4-7-19-12(18)11-9(2)17(15-14-11)8-10-13-5-6-16(10)3/h4-6H,1,7-8H2,2-3H3. The number of carbonyl (C=O) groups is 1. The number of aromatic nitrogens is 5. The van der Waals surface area contributed by atoms with Crippen molar-refractivity contribution in [3.8, 4) is 0 Å². The van der Waals surface area contributed by atoms with Crippen molar-refractivity contribution in [2.75, 3.05) is 6.61 Å². The van der Waals surface area contributed by atoms with E-state index < -0.39 is 5.97 Å². The molecule has 0 aromatic carbocycles. The summed E-state index contributed by atoms with van der Waals surface area (Å²) in [7, 11) is 1.90. The first-order valence-electron chi connectivity index (χ1n) is 5.77. The van der Waals surface area contributed by atoms with Gasteiger partial charge in [0.2, 0.25) is 0 Å². The summed E-state index contributed by atoms with van der Waals surface area (Å²) < 4.78 is 8.44. The van der Waals surface area contributed by atoms with E-state index in [0.29, 0.717) is 12.2 Å². The molecule has 0 aliphatic rings. The molecule has 0 radical (unpaired) electrons. The molecule has 0 fully saturated rings. The minimum Gasteiger partial charge on any atom is -0.457 e. The van der Waals surface area contributed by atoms with Crippen molar-refractivity contribution >= 4 is 5.97 Å². The quantitative estimate of drug-likeness (QED) is 0.585. The average molecular weight is 261 g/mol. The van der Waals surface area contributed by atoms with Crippen LogP contribution in [0.15, 0.2) is 25.0 Å². The van der Waals surface area contributed by atoms with E-state index in [1.807, 2.05) is 17.8 Å². The first-order chi connectivity index (χ1) is 9.13. The minimum atomic E-state index is -0.497. The summed E-state index contributed by atoms with van der Waals surface area (Å²) in [6.07, 6.45) is 5.06. The van der Waals surface area contributed by atoms with Crippen LogP contribution in [0.1, 0.15) is 22.0 Å². The van der Waals surface area contributed by atoms with Crippen molar-refractivity contribution in [3.63, 3.8) is 0 Å². The predicted octanol–water partition coefficient (Wildman–Crippen LogP) is 0.711. The zero-order chi connectivity index (χ0) is 13.8. The van der Waals surface area contributed by atoms with E-state index in [1.165, 1.54) is 6.08 Å². The van der Waals surface area contributed by atoms with Crippen LogP contribution in [0.5, 0.6) is 0 Å².